The summed E-state index contributed by atoms with van der Waals surface area (Å²) in [6.45, 7) is 4.42. The van der Waals surface area contributed by atoms with Crippen LogP contribution in [0.4, 0.5) is 0 Å². The first-order chi connectivity index (χ1) is 14.2. The Hall–Kier alpha value is -0.900. The van der Waals surface area contributed by atoms with Gasteiger partial charge in [-0.2, -0.15) is 0 Å². The first-order valence-electron chi connectivity index (χ1n) is 12.2. The van der Waals surface area contributed by atoms with Gasteiger partial charge in [0.1, 0.15) is 0 Å². The van der Waals surface area contributed by atoms with Crippen LogP contribution in [0, 0.1) is 29.1 Å². The molecular weight excluding hydrogens is 358 g/mol. The second-order valence-electron chi connectivity index (χ2n) is 11.0. The van der Waals surface area contributed by atoms with Crippen LogP contribution >= 0.6 is 0 Å². The first-order valence-corrected chi connectivity index (χ1v) is 12.2. The van der Waals surface area contributed by atoms with Crippen molar-refractivity contribution < 1.29 is 9.84 Å². The van der Waals surface area contributed by atoms with Crippen molar-refractivity contribution >= 4 is 0 Å². The van der Waals surface area contributed by atoms with Crippen LogP contribution < -0.4 is 0 Å². The Labute approximate surface area is 176 Å². The monoisotopic (exact) mass is 397 g/mol. The molecule has 1 saturated heterocycles. The number of hydrogen-bond donors (Lipinski definition) is 1. The van der Waals surface area contributed by atoms with E-state index in [2.05, 4.69) is 35.2 Å². The molecule has 5 aliphatic rings. The van der Waals surface area contributed by atoms with Crippen molar-refractivity contribution in [2.75, 3.05) is 32.8 Å². The van der Waals surface area contributed by atoms with E-state index in [1.165, 1.54) is 63.4 Å². The Bertz CT molecular complexity index is 617. The van der Waals surface area contributed by atoms with E-state index < -0.39 is 0 Å². The maximum absolute atomic E-state index is 10.5. The molecule has 1 aromatic rings. The number of likely N-dealkylation sites (tertiary alicyclic amines) is 1. The van der Waals surface area contributed by atoms with Crippen LogP contribution in [0.15, 0.2) is 30.3 Å². The van der Waals surface area contributed by atoms with Gasteiger partial charge in [-0.15, -0.1) is 0 Å². The van der Waals surface area contributed by atoms with Gasteiger partial charge in [0.2, 0.25) is 0 Å². The normalized spacial score (nSPS) is 35.8. The average Bonchev–Trinajstić information content (AvgIpc) is 2.69. The molecule has 3 heteroatoms. The summed E-state index contributed by atoms with van der Waals surface area (Å²) in [5.41, 5.74) is 1.92. The van der Waals surface area contributed by atoms with E-state index in [0.717, 1.165) is 49.9 Å². The van der Waals surface area contributed by atoms with Gasteiger partial charge in [0.25, 0.3) is 0 Å². The van der Waals surface area contributed by atoms with Crippen molar-refractivity contribution in [2.45, 2.75) is 63.9 Å². The standard InChI is InChI=1S/C26H39NO2/c28-25(17-27-8-6-21(7-9-27)10-20-4-2-1-3-5-20)18-29-19-26-14-22-11-23(15-26)13-24(12-22)16-26/h1-5,21-25,28H,6-19H2/t22?,23?,24?,25-,26?/m0/s1. The number of rotatable bonds is 8. The van der Waals surface area contributed by atoms with Gasteiger partial charge in [0.15, 0.2) is 0 Å². The van der Waals surface area contributed by atoms with Gasteiger partial charge in [-0.1, -0.05) is 30.3 Å². The zero-order valence-electron chi connectivity index (χ0n) is 18.0. The second kappa shape index (κ2) is 8.69. The number of β-amino-alcohol motifs (C(OH)–C–C–N with tert-alkyl or cyclic N) is 1. The third-order valence-electron chi connectivity index (χ3n) is 8.43. The van der Waals surface area contributed by atoms with Crippen molar-refractivity contribution in [3.8, 4) is 0 Å². The summed E-state index contributed by atoms with van der Waals surface area (Å²) < 4.78 is 6.15. The molecule has 1 aromatic carbocycles. The van der Waals surface area contributed by atoms with Crippen LogP contribution in [0.2, 0.25) is 0 Å². The lowest BCUT2D eigenvalue weighted by Crippen LogP contribution is -2.48. The van der Waals surface area contributed by atoms with Gasteiger partial charge in [0.05, 0.1) is 19.3 Å². The van der Waals surface area contributed by atoms with E-state index in [4.69, 9.17) is 4.74 Å². The Morgan fingerprint density at radius 3 is 2.21 bits per heavy atom. The molecule has 0 spiro atoms. The van der Waals surface area contributed by atoms with Crippen LogP contribution in [-0.2, 0) is 11.2 Å². The molecule has 29 heavy (non-hydrogen) atoms. The number of piperidine rings is 1. The summed E-state index contributed by atoms with van der Waals surface area (Å²) in [4.78, 5) is 2.44. The van der Waals surface area contributed by atoms with Crippen LogP contribution in [0.5, 0.6) is 0 Å². The number of nitrogens with zero attached hydrogens (tertiary/aromatic N) is 1. The van der Waals surface area contributed by atoms with Crippen LogP contribution in [0.25, 0.3) is 0 Å². The van der Waals surface area contributed by atoms with Gasteiger partial charge >= 0.3 is 0 Å². The summed E-state index contributed by atoms with van der Waals surface area (Å²) in [6.07, 6.45) is 12.0. The van der Waals surface area contributed by atoms with Gasteiger partial charge in [-0.3, -0.25) is 0 Å². The second-order valence-corrected chi connectivity index (χ2v) is 11.0. The minimum atomic E-state index is -0.338. The van der Waals surface area contributed by atoms with Crippen molar-refractivity contribution in [1.29, 1.82) is 0 Å². The fraction of sp³-hybridized carbons (Fsp3) is 0.769. The van der Waals surface area contributed by atoms with Crippen molar-refractivity contribution in [1.82, 2.24) is 4.90 Å². The van der Waals surface area contributed by atoms with Gasteiger partial charge in [-0.05, 0) is 106 Å². The summed E-state index contributed by atoms with van der Waals surface area (Å²) in [7, 11) is 0. The van der Waals surface area contributed by atoms with Gasteiger partial charge in [0, 0.05) is 6.54 Å². The number of ether oxygens (including phenoxy) is 1. The van der Waals surface area contributed by atoms with Crippen molar-refractivity contribution in [3.05, 3.63) is 35.9 Å². The zero-order chi connectivity index (χ0) is 19.7. The number of benzene rings is 1. The lowest BCUT2D eigenvalue weighted by atomic mass is 9.50. The first kappa shape index (κ1) is 20.0. The summed E-state index contributed by atoms with van der Waals surface area (Å²) in [6, 6.07) is 10.9. The predicted octanol–water partition coefficient (Wildman–Crippen LogP) is 4.54. The predicted molar refractivity (Wildman–Crippen MR) is 117 cm³/mol. The summed E-state index contributed by atoms with van der Waals surface area (Å²) in [5.74, 6) is 3.73. The van der Waals surface area contributed by atoms with Crippen LogP contribution in [0.1, 0.15) is 56.9 Å². The molecular formula is C26H39NO2. The van der Waals surface area contributed by atoms with Crippen molar-refractivity contribution in [3.63, 3.8) is 0 Å². The smallest absolute Gasteiger partial charge is 0.0900 e. The maximum atomic E-state index is 10.5. The van der Waals surface area contributed by atoms with E-state index in [1.807, 2.05) is 0 Å². The minimum Gasteiger partial charge on any atom is -0.389 e. The molecule has 1 heterocycles. The van der Waals surface area contributed by atoms with Gasteiger partial charge < -0.3 is 14.7 Å². The highest BCUT2D eigenvalue weighted by Gasteiger charge is 2.50. The molecule has 1 aliphatic heterocycles. The van der Waals surface area contributed by atoms with E-state index in [1.54, 1.807) is 0 Å². The van der Waals surface area contributed by atoms with E-state index >= 15 is 0 Å². The highest BCUT2D eigenvalue weighted by molar-refractivity contribution is 5.15. The zero-order valence-corrected chi connectivity index (χ0v) is 18.0. The highest BCUT2D eigenvalue weighted by Crippen LogP contribution is 2.60. The maximum Gasteiger partial charge on any atom is 0.0900 e. The third kappa shape index (κ3) is 4.89. The van der Waals surface area contributed by atoms with E-state index in [0.29, 0.717) is 12.0 Å². The Kier molecular flexibility index (Phi) is 6.00. The quantitative estimate of drug-likeness (QED) is 0.699. The number of hydrogen-bond acceptors (Lipinski definition) is 3. The molecule has 4 aliphatic carbocycles. The van der Waals surface area contributed by atoms with E-state index in [9.17, 15) is 5.11 Å². The largest absolute Gasteiger partial charge is 0.389 e. The fourth-order valence-corrected chi connectivity index (χ4v) is 7.55. The molecule has 5 fully saturated rings. The molecule has 4 bridgehead atoms. The molecule has 0 radical (unpaired) electrons. The van der Waals surface area contributed by atoms with Crippen LogP contribution in [-0.4, -0.2) is 49.0 Å². The Morgan fingerprint density at radius 2 is 1.59 bits per heavy atom. The van der Waals surface area contributed by atoms with Crippen LogP contribution in [0.3, 0.4) is 0 Å². The average molecular weight is 398 g/mol. The molecule has 0 aromatic heterocycles. The lowest BCUT2D eigenvalue weighted by molar-refractivity contribution is -0.107. The molecule has 0 unspecified atom stereocenters. The molecule has 1 N–H and O–H groups in total. The lowest BCUT2D eigenvalue weighted by Gasteiger charge is -2.56. The number of aliphatic hydroxyl groups excluding tert-OH is 1. The summed E-state index contributed by atoms with van der Waals surface area (Å²) in [5, 5.41) is 10.5. The third-order valence-corrected chi connectivity index (χ3v) is 8.43. The Balaban J connectivity index is 1.01. The van der Waals surface area contributed by atoms with Crippen molar-refractivity contribution in [2.24, 2.45) is 29.1 Å². The molecule has 4 saturated carbocycles. The molecule has 160 valence electrons. The minimum absolute atomic E-state index is 0.338. The molecule has 1 atom stereocenters. The topological polar surface area (TPSA) is 32.7 Å². The highest BCUT2D eigenvalue weighted by atomic mass is 16.5. The molecule has 3 nitrogen and oxygen atoms in total. The fourth-order valence-electron chi connectivity index (χ4n) is 7.55. The summed E-state index contributed by atoms with van der Waals surface area (Å²) >= 11 is 0. The Morgan fingerprint density at radius 1 is 0.966 bits per heavy atom. The number of aliphatic hydroxyl groups is 1. The van der Waals surface area contributed by atoms with E-state index in [-0.39, 0.29) is 6.10 Å². The molecule has 0 amide bonds. The van der Waals surface area contributed by atoms with Gasteiger partial charge in [-0.25, -0.2) is 0 Å². The SMILES string of the molecule is O[C@H](COCC12CC3CC(CC(C3)C1)C2)CN1CCC(Cc2ccccc2)CC1. The molecule has 6 rings (SSSR count).